The molecule has 2 unspecified atom stereocenters. The summed E-state index contributed by atoms with van der Waals surface area (Å²) in [6.45, 7) is 4.35. The number of rotatable bonds is 39. The number of likely N-dealkylation sites (N-methyl/N-ethyl adjacent to an activating group) is 1. The zero-order valence-corrected chi connectivity index (χ0v) is 38.3. The number of carboxylic acid groups (broad SMARTS) is 1. The number of unbranched alkanes of at least 4 members (excludes halogenated alkanes) is 7. The molecule has 0 radical (unpaired) electrons. The quantitative estimate of drug-likeness (QED) is 0.0263. The van der Waals surface area contributed by atoms with E-state index in [0.717, 1.165) is 109 Å². The van der Waals surface area contributed by atoms with Crippen LogP contribution < -0.4 is 5.11 Å². The van der Waals surface area contributed by atoms with E-state index in [9.17, 15) is 19.5 Å². The van der Waals surface area contributed by atoms with Gasteiger partial charge >= 0.3 is 11.9 Å². The summed E-state index contributed by atoms with van der Waals surface area (Å²) in [5, 5.41) is 11.6. The van der Waals surface area contributed by atoms with E-state index >= 15 is 0 Å². The van der Waals surface area contributed by atoms with Gasteiger partial charge in [-0.15, -0.1) is 0 Å². The predicted octanol–water partition coefficient (Wildman–Crippen LogP) is 11.5. The fraction of sp³-hybridized carbons (Fsp3) is 0.596. The zero-order chi connectivity index (χ0) is 44.2. The van der Waals surface area contributed by atoms with Crippen LogP contribution in [0.3, 0.4) is 0 Å². The average Bonchev–Trinajstić information content (AvgIpc) is 3.21. The fourth-order valence-electron chi connectivity index (χ4n) is 5.91. The largest absolute Gasteiger partial charge is 0.544 e. The summed E-state index contributed by atoms with van der Waals surface area (Å²) < 4.78 is 17.1. The molecular weight excluding hydrogens is 751 g/mol. The Kier molecular flexibility index (Phi) is 38.9. The number of quaternary nitrogens is 1. The number of aliphatic carboxylic acids is 1. The molecule has 0 aliphatic heterocycles. The molecule has 8 nitrogen and oxygen atoms in total. The third kappa shape index (κ3) is 39.5. The molecule has 0 N–H and O–H groups in total. The zero-order valence-electron chi connectivity index (χ0n) is 38.3. The van der Waals surface area contributed by atoms with Gasteiger partial charge in [-0.2, -0.15) is 0 Å². The molecule has 2 atom stereocenters. The van der Waals surface area contributed by atoms with Gasteiger partial charge in [0.1, 0.15) is 12.6 Å². The maximum atomic E-state index is 12.7. The van der Waals surface area contributed by atoms with Crippen LogP contribution in [-0.2, 0) is 28.6 Å². The van der Waals surface area contributed by atoms with Crippen molar-refractivity contribution in [3.63, 3.8) is 0 Å². The second kappa shape index (κ2) is 41.7. The Hall–Kier alpha value is -4.01. The van der Waals surface area contributed by atoms with Gasteiger partial charge in [-0.3, -0.25) is 9.59 Å². The monoisotopic (exact) mass is 834 g/mol. The highest BCUT2D eigenvalue weighted by molar-refractivity contribution is 5.70. The summed E-state index contributed by atoms with van der Waals surface area (Å²) in [5.41, 5.74) is 0. The minimum Gasteiger partial charge on any atom is -0.544 e. The van der Waals surface area contributed by atoms with Crippen molar-refractivity contribution in [2.75, 3.05) is 41.0 Å². The molecule has 0 spiro atoms. The number of ether oxygens (including phenoxy) is 3. The van der Waals surface area contributed by atoms with Gasteiger partial charge in [-0.25, -0.2) is 0 Å². The van der Waals surface area contributed by atoms with Gasteiger partial charge in [-0.05, 0) is 96.3 Å². The molecule has 0 fully saturated rings. The van der Waals surface area contributed by atoms with Crippen LogP contribution in [0.5, 0.6) is 0 Å². The first-order chi connectivity index (χ1) is 29.1. The second-order valence-electron chi connectivity index (χ2n) is 15.9. The van der Waals surface area contributed by atoms with Crippen LogP contribution in [0.2, 0.25) is 0 Å². The van der Waals surface area contributed by atoms with Crippen molar-refractivity contribution in [1.29, 1.82) is 0 Å². The average molecular weight is 834 g/mol. The van der Waals surface area contributed by atoms with Gasteiger partial charge in [0.2, 0.25) is 0 Å². The third-order valence-electron chi connectivity index (χ3n) is 9.40. The van der Waals surface area contributed by atoms with Crippen molar-refractivity contribution in [3.8, 4) is 0 Å². The first kappa shape index (κ1) is 56.0. The van der Waals surface area contributed by atoms with E-state index in [1.165, 1.54) is 0 Å². The maximum absolute atomic E-state index is 12.7. The van der Waals surface area contributed by atoms with Gasteiger partial charge in [0.05, 0.1) is 40.3 Å². The first-order valence-corrected chi connectivity index (χ1v) is 22.9. The number of carboxylic acids is 1. The molecule has 0 heterocycles. The molecule has 0 aromatic carbocycles. The van der Waals surface area contributed by atoms with Crippen LogP contribution >= 0.6 is 0 Å². The van der Waals surface area contributed by atoms with Gasteiger partial charge in [0.15, 0.2) is 6.10 Å². The van der Waals surface area contributed by atoms with E-state index in [4.69, 9.17) is 14.2 Å². The third-order valence-corrected chi connectivity index (χ3v) is 9.40. The SMILES string of the molecule is CC/C=C/C/C=C/C/C=C/C/C=C/C/C=C/CCCCCCC(=O)OCC(COCCC(C(=O)[O-])[N+](C)(C)C)OC(=O)CCCCC/C=C/C/C=C/C/C=C/C/C=C/CC. The van der Waals surface area contributed by atoms with Crippen LogP contribution in [0.1, 0.15) is 149 Å². The lowest BCUT2D eigenvalue weighted by Crippen LogP contribution is -2.55. The number of carbonyl (C=O) groups excluding carboxylic acids is 3. The Labute approximate surface area is 366 Å². The highest BCUT2D eigenvalue weighted by Crippen LogP contribution is 2.11. The van der Waals surface area contributed by atoms with E-state index in [1.54, 1.807) is 21.1 Å². The van der Waals surface area contributed by atoms with Crippen molar-refractivity contribution >= 4 is 17.9 Å². The van der Waals surface area contributed by atoms with Crippen molar-refractivity contribution in [1.82, 2.24) is 0 Å². The maximum Gasteiger partial charge on any atom is 0.306 e. The lowest BCUT2D eigenvalue weighted by Gasteiger charge is -2.34. The number of hydrogen-bond acceptors (Lipinski definition) is 7. The Morgan fingerprint density at radius 2 is 0.883 bits per heavy atom. The van der Waals surface area contributed by atoms with E-state index in [1.807, 2.05) is 0 Å². The Morgan fingerprint density at radius 3 is 1.30 bits per heavy atom. The number of allylic oxidation sites excluding steroid dienone is 18. The molecule has 0 saturated carbocycles. The molecule has 0 amide bonds. The molecule has 0 saturated heterocycles. The number of hydrogen-bond donors (Lipinski definition) is 0. The molecule has 0 rings (SSSR count). The van der Waals surface area contributed by atoms with Crippen molar-refractivity contribution in [2.45, 2.75) is 161 Å². The number of nitrogens with zero attached hydrogens (tertiary/aromatic N) is 1. The summed E-state index contributed by atoms with van der Waals surface area (Å²) in [6, 6.07) is -0.743. The van der Waals surface area contributed by atoms with Crippen LogP contribution in [0, 0.1) is 0 Å². The fourth-order valence-corrected chi connectivity index (χ4v) is 5.91. The Morgan fingerprint density at radius 1 is 0.500 bits per heavy atom. The normalized spacial score (nSPS) is 13.9. The molecule has 338 valence electrons. The standard InChI is InChI=1S/C52H83NO7/c1-6-8-10-12-14-16-18-20-22-24-25-26-27-29-30-32-34-36-38-40-42-50(54)59-47-48(46-58-45-44-49(52(56)57)53(3,4)5)60-51(55)43-41-39-37-35-33-31-28-23-21-19-17-15-13-11-9-7-2/h8-11,14-17,20-23,25-26,29-31,33,48-49H,6-7,12-13,18-19,24,27-28,32,34-47H2,1-5H3/b10-8+,11-9+,16-14+,17-15+,22-20+,23-21+,26-25+,30-29+,33-31+. The van der Waals surface area contributed by atoms with Crippen molar-refractivity contribution in [2.24, 2.45) is 0 Å². The van der Waals surface area contributed by atoms with E-state index < -0.39 is 18.1 Å². The highest BCUT2D eigenvalue weighted by atomic mass is 16.6. The number of esters is 2. The highest BCUT2D eigenvalue weighted by Gasteiger charge is 2.25. The first-order valence-electron chi connectivity index (χ1n) is 22.9. The summed E-state index contributed by atoms with van der Waals surface area (Å²) >= 11 is 0. The number of carbonyl (C=O) groups is 3. The minimum absolute atomic E-state index is 0.0115. The van der Waals surface area contributed by atoms with E-state index in [-0.39, 0.29) is 49.1 Å². The second-order valence-corrected chi connectivity index (χ2v) is 15.9. The van der Waals surface area contributed by atoms with Gasteiger partial charge in [0, 0.05) is 19.3 Å². The summed E-state index contributed by atoms with van der Waals surface area (Å²) in [4.78, 5) is 36.9. The van der Waals surface area contributed by atoms with Gasteiger partial charge in [0.25, 0.3) is 0 Å². The molecular formula is C52H83NO7. The summed E-state index contributed by atoms with van der Waals surface area (Å²) in [6.07, 6.45) is 56.8. The molecule has 0 aliphatic carbocycles. The van der Waals surface area contributed by atoms with Crippen LogP contribution in [0.25, 0.3) is 0 Å². The topological polar surface area (TPSA) is 102 Å². The van der Waals surface area contributed by atoms with Crippen LogP contribution in [-0.4, -0.2) is 75.5 Å². The lowest BCUT2D eigenvalue weighted by atomic mass is 10.1. The summed E-state index contributed by atoms with van der Waals surface area (Å²) in [5.74, 6) is -1.83. The molecule has 0 aliphatic rings. The Balaban J connectivity index is 4.45. The van der Waals surface area contributed by atoms with Crippen molar-refractivity contribution in [3.05, 3.63) is 109 Å². The molecule has 8 heteroatoms. The predicted molar refractivity (Wildman–Crippen MR) is 249 cm³/mol. The minimum atomic E-state index is -1.14. The van der Waals surface area contributed by atoms with Crippen molar-refractivity contribution < 1.29 is 38.2 Å². The Bertz CT molecular complexity index is 1340. The molecule has 0 bridgehead atoms. The van der Waals surface area contributed by atoms with E-state index in [2.05, 4.69) is 123 Å². The van der Waals surface area contributed by atoms with E-state index in [0.29, 0.717) is 12.8 Å². The van der Waals surface area contributed by atoms with Crippen LogP contribution in [0.4, 0.5) is 0 Å². The van der Waals surface area contributed by atoms with Crippen LogP contribution in [0.15, 0.2) is 109 Å². The smallest absolute Gasteiger partial charge is 0.306 e. The van der Waals surface area contributed by atoms with Gasteiger partial charge in [-0.1, -0.05) is 142 Å². The molecule has 0 aromatic rings. The van der Waals surface area contributed by atoms with Gasteiger partial charge < -0.3 is 28.6 Å². The molecule has 60 heavy (non-hydrogen) atoms. The lowest BCUT2D eigenvalue weighted by molar-refractivity contribution is -0.889. The summed E-state index contributed by atoms with van der Waals surface area (Å²) in [7, 11) is 5.37. The molecule has 0 aromatic heterocycles.